The number of carbonyl (C=O) groups excluding carboxylic acids is 1. The van der Waals surface area contributed by atoms with Gasteiger partial charge in [-0.2, -0.15) is 13.2 Å². The van der Waals surface area contributed by atoms with E-state index in [1.165, 1.54) is 0 Å². The van der Waals surface area contributed by atoms with Crippen LogP contribution in [0.1, 0.15) is 49.7 Å². The van der Waals surface area contributed by atoms with Crippen LogP contribution in [0.25, 0.3) is 0 Å². The van der Waals surface area contributed by atoms with Gasteiger partial charge in [0.05, 0.1) is 11.3 Å². The van der Waals surface area contributed by atoms with E-state index in [0.717, 1.165) is 63.7 Å². The molecule has 6 nitrogen and oxygen atoms in total. The van der Waals surface area contributed by atoms with Gasteiger partial charge in [-0.05, 0) is 50.4 Å². The number of benzene rings is 1. The van der Waals surface area contributed by atoms with Gasteiger partial charge in [-0.25, -0.2) is 0 Å². The van der Waals surface area contributed by atoms with Crippen LogP contribution in [0, 0.1) is 10.1 Å². The Balaban J connectivity index is 1.75. The second kappa shape index (κ2) is 8.69. The van der Waals surface area contributed by atoms with Gasteiger partial charge in [-0.15, -0.1) is 0 Å². The van der Waals surface area contributed by atoms with Crippen molar-refractivity contribution in [3.05, 3.63) is 39.4 Å². The molecule has 1 aromatic rings. The first-order valence-electron chi connectivity index (χ1n) is 10.0. The highest BCUT2D eigenvalue weighted by Crippen LogP contribution is 2.36. The van der Waals surface area contributed by atoms with E-state index in [2.05, 4.69) is 4.90 Å². The van der Waals surface area contributed by atoms with Crippen molar-refractivity contribution in [3.63, 3.8) is 0 Å². The fraction of sp³-hybridized carbons (Fsp3) is 0.650. The molecule has 3 rings (SSSR count). The highest BCUT2D eigenvalue weighted by atomic mass is 19.4. The third kappa shape index (κ3) is 4.88. The summed E-state index contributed by atoms with van der Waals surface area (Å²) < 4.78 is 38.9. The van der Waals surface area contributed by atoms with Crippen molar-refractivity contribution in [1.29, 1.82) is 0 Å². The molecule has 1 saturated heterocycles. The number of rotatable bonds is 5. The number of alkyl halides is 3. The van der Waals surface area contributed by atoms with Crippen LogP contribution in [0.2, 0.25) is 0 Å². The molecule has 29 heavy (non-hydrogen) atoms. The molecule has 9 heteroatoms. The van der Waals surface area contributed by atoms with E-state index in [9.17, 15) is 28.1 Å². The zero-order chi connectivity index (χ0) is 21.2. The number of nitro benzene ring substituents is 1. The molecule has 1 aromatic carbocycles. The van der Waals surface area contributed by atoms with Crippen LogP contribution in [0.5, 0.6) is 0 Å². The highest BCUT2D eigenvalue weighted by molar-refractivity contribution is 5.79. The second-order valence-corrected chi connectivity index (χ2v) is 7.95. The third-order valence-electron chi connectivity index (χ3n) is 6.11. The average Bonchev–Trinajstić information content (AvgIpc) is 3.21. The van der Waals surface area contributed by atoms with Crippen molar-refractivity contribution in [2.45, 2.75) is 63.2 Å². The van der Waals surface area contributed by atoms with Crippen LogP contribution < -0.4 is 0 Å². The Hall–Kier alpha value is -2.16. The number of hydrogen-bond acceptors (Lipinski definition) is 4. The van der Waals surface area contributed by atoms with E-state index in [1.54, 1.807) is 11.9 Å². The van der Waals surface area contributed by atoms with Crippen LogP contribution in [0.15, 0.2) is 18.2 Å². The van der Waals surface area contributed by atoms with Crippen LogP contribution >= 0.6 is 0 Å². The highest BCUT2D eigenvalue weighted by Gasteiger charge is 2.39. The van der Waals surface area contributed by atoms with Crippen LogP contribution in [-0.2, 0) is 17.4 Å². The third-order valence-corrected chi connectivity index (χ3v) is 6.11. The summed E-state index contributed by atoms with van der Waals surface area (Å²) in [4.78, 5) is 27.0. The van der Waals surface area contributed by atoms with E-state index in [-0.39, 0.29) is 23.9 Å². The lowest BCUT2D eigenvalue weighted by Gasteiger charge is -2.42. The number of nitro groups is 1. The van der Waals surface area contributed by atoms with Gasteiger partial charge >= 0.3 is 6.18 Å². The minimum absolute atomic E-state index is 0.0683. The fourth-order valence-electron chi connectivity index (χ4n) is 4.60. The Bertz CT molecular complexity index is 763. The minimum Gasteiger partial charge on any atom is -0.341 e. The van der Waals surface area contributed by atoms with Crippen molar-refractivity contribution in [2.75, 3.05) is 20.1 Å². The predicted octanol–water partition coefficient (Wildman–Crippen LogP) is 4.02. The van der Waals surface area contributed by atoms with E-state index < -0.39 is 22.4 Å². The Labute approximate surface area is 167 Å². The molecule has 1 aliphatic heterocycles. The van der Waals surface area contributed by atoms with Crippen molar-refractivity contribution < 1.29 is 22.9 Å². The molecule has 0 bridgehead atoms. The molecule has 1 aliphatic carbocycles. The molecule has 0 radical (unpaired) electrons. The minimum atomic E-state index is -4.81. The number of likely N-dealkylation sites (N-methyl/N-ethyl adjacent to an activating group) is 1. The summed E-state index contributed by atoms with van der Waals surface area (Å²) in [6, 6.07) is 3.09. The van der Waals surface area contributed by atoms with Gasteiger partial charge < -0.3 is 4.90 Å². The lowest BCUT2D eigenvalue weighted by Crippen LogP contribution is -2.53. The summed E-state index contributed by atoms with van der Waals surface area (Å²) >= 11 is 0. The maximum Gasteiger partial charge on any atom is 0.422 e. The quantitative estimate of drug-likeness (QED) is 0.540. The van der Waals surface area contributed by atoms with Gasteiger partial charge in [0.2, 0.25) is 5.91 Å². The van der Waals surface area contributed by atoms with Gasteiger partial charge in [0.25, 0.3) is 5.69 Å². The molecule has 2 aliphatic rings. The molecule has 1 heterocycles. The first-order chi connectivity index (χ1) is 13.7. The summed E-state index contributed by atoms with van der Waals surface area (Å²) in [5.41, 5.74) is -2.10. The van der Waals surface area contributed by atoms with Crippen LogP contribution in [0.4, 0.5) is 18.9 Å². The molecule has 0 N–H and O–H groups in total. The normalized spacial score (nSPS) is 23.2. The van der Waals surface area contributed by atoms with Gasteiger partial charge in [-0.1, -0.05) is 18.9 Å². The SMILES string of the molecule is CN(C(=O)Cc1ccc(C(F)(F)F)c([N+](=O)[O-])c1)[C@@H]1CCCC[C@H]1N1CCCC1. The molecular formula is C20H26F3N3O3. The lowest BCUT2D eigenvalue weighted by atomic mass is 9.88. The largest absolute Gasteiger partial charge is 0.422 e. The average molecular weight is 413 g/mol. The number of halogens is 3. The molecule has 160 valence electrons. The van der Waals surface area contributed by atoms with Gasteiger partial charge in [0, 0.05) is 25.2 Å². The molecule has 1 saturated carbocycles. The maximum atomic E-state index is 13.0. The molecule has 0 unspecified atom stereocenters. The van der Waals surface area contributed by atoms with Crippen molar-refractivity contribution in [1.82, 2.24) is 9.80 Å². The summed E-state index contributed by atoms with van der Waals surface area (Å²) in [5, 5.41) is 11.1. The van der Waals surface area contributed by atoms with Gasteiger partial charge in [0.1, 0.15) is 5.56 Å². The van der Waals surface area contributed by atoms with Crippen LogP contribution in [-0.4, -0.2) is 52.9 Å². The summed E-state index contributed by atoms with van der Waals surface area (Å²) in [5.74, 6) is -0.227. The summed E-state index contributed by atoms with van der Waals surface area (Å²) in [6.45, 7) is 2.07. The molecule has 1 amide bonds. The fourth-order valence-corrected chi connectivity index (χ4v) is 4.60. The summed E-state index contributed by atoms with van der Waals surface area (Å²) in [6.07, 6.45) is 1.46. The molecular weight excluding hydrogens is 387 g/mol. The Morgan fingerprint density at radius 3 is 2.48 bits per heavy atom. The first kappa shape index (κ1) is 21.5. The monoisotopic (exact) mass is 413 g/mol. The zero-order valence-corrected chi connectivity index (χ0v) is 16.5. The van der Waals surface area contributed by atoms with Crippen molar-refractivity contribution >= 4 is 11.6 Å². The number of hydrogen-bond donors (Lipinski definition) is 0. The standard InChI is InChI=1S/C20H26F3N3O3/c1-24(16-6-2-3-7-17(16)25-10-4-5-11-25)19(27)13-14-8-9-15(20(21,22)23)18(12-14)26(28)29/h8-9,12,16-17H,2-7,10-11,13H2,1H3/t16-,17-/m1/s1. The smallest absolute Gasteiger partial charge is 0.341 e. The van der Waals surface area contributed by atoms with Crippen molar-refractivity contribution in [3.8, 4) is 0 Å². The second-order valence-electron chi connectivity index (χ2n) is 7.95. The zero-order valence-electron chi connectivity index (χ0n) is 16.5. The summed E-state index contributed by atoms with van der Waals surface area (Å²) in [7, 11) is 1.74. The van der Waals surface area contributed by atoms with Gasteiger partial charge in [-0.3, -0.25) is 19.8 Å². The number of likely N-dealkylation sites (tertiary alicyclic amines) is 1. The van der Waals surface area contributed by atoms with Gasteiger partial charge in [0.15, 0.2) is 0 Å². The Morgan fingerprint density at radius 1 is 1.21 bits per heavy atom. The number of carbonyl (C=O) groups is 1. The predicted molar refractivity (Wildman–Crippen MR) is 101 cm³/mol. The van der Waals surface area contributed by atoms with E-state index in [4.69, 9.17) is 0 Å². The number of nitrogens with zero attached hydrogens (tertiary/aromatic N) is 3. The van der Waals surface area contributed by atoms with Crippen LogP contribution in [0.3, 0.4) is 0 Å². The Kier molecular flexibility index (Phi) is 6.45. The van der Waals surface area contributed by atoms with E-state index >= 15 is 0 Å². The first-order valence-corrected chi connectivity index (χ1v) is 10.0. The van der Waals surface area contributed by atoms with Crippen molar-refractivity contribution in [2.24, 2.45) is 0 Å². The molecule has 2 fully saturated rings. The van der Waals surface area contributed by atoms with E-state index in [0.29, 0.717) is 12.1 Å². The van der Waals surface area contributed by atoms with E-state index in [1.807, 2.05) is 0 Å². The maximum absolute atomic E-state index is 13.0. The topological polar surface area (TPSA) is 66.7 Å². The molecule has 0 spiro atoms. The molecule has 2 atom stereocenters. The molecule has 0 aromatic heterocycles. The number of amides is 1. The Morgan fingerprint density at radius 2 is 1.86 bits per heavy atom. The lowest BCUT2D eigenvalue weighted by molar-refractivity contribution is -0.388.